The van der Waals surface area contributed by atoms with E-state index in [0.717, 1.165) is 10.9 Å². The number of aromatic nitrogens is 1. The summed E-state index contributed by atoms with van der Waals surface area (Å²) in [6.07, 6.45) is 1.02. The third-order valence-corrected chi connectivity index (χ3v) is 2.86. The van der Waals surface area contributed by atoms with Gasteiger partial charge in [0.15, 0.2) is 0 Å². The van der Waals surface area contributed by atoms with Crippen molar-refractivity contribution >= 4 is 23.3 Å². The fourth-order valence-electron chi connectivity index (χ4n) is 1.93. The summed E-state index contributed by atoms with van der Waals surface area (Å²) in [6.45, 7) is 4.54. The summed E-state index contributed by atoms with van der Waals surface area (Å²) in [7, 11) is 0. The predicted octanol–water partition coefficient (Wildman–Crippen LogP) is 2.39. The Morgan fingerprint density at radius 2 is 2.00 bits per heavy atom. The summed E-state index contributed by atoms with van der Waals surface area (Å²) in [4.78, 5) is 4.14. The van der Waals surface area contributed by atoms with Gasteiger partial charge in [0, 0.05) is 24.2 Å². The van der Waals surface area contributed by atoms with Crippen LogP contribution in [0.2, 0.25) is 0 Å². The standard InChI is InChI=1S/C14H18N2O2.ClH/c1-9(2)16-8-13(18)10-5-6-12(17)14-11(10)4-3-7-15-14;/h3-7,9,13,16-18H,8H2,1-2H3;1H. The molecule has 1 unspecified atom stereocenters. The monoisotopic (exact) mass is 282 g/mol. The summed E-state index contributed by atoms with van der Waals surface area (Å²) in [5.74, 6) is 0.137. The first kappa shape index (κ1) is 15.7. The van der Waals surface area contributed by atoms with E-state index in [1.54, 1.807) is 24.4 Å². The summed E-state index contributed by atoms with van der Waals surface area (Å²) in [6, 6.07) is 7.29. The molecule has 0 saturated heterocycles. The normalized spacial score (nSPS) is 12.4. The molecule has 0 spiro atoms. The van der Waals surface area contributed by atoms with E-state index in [2.05, 4.69) is 10.3 Å². The molecule has 0 radical (unpaired) electrons. The Bertz CT molecular complexity index is 546. The van der Waals surface area contributed by atoms with Crippen LogP contribution in [-0.2, 0) is 0 Å². The van der Waals surface area contributed by atoms with E-state index in [1.807, 2.05) is 19.9 Å². The molecule has 0 saturated carbocycles. The van der Waals surface area contributed by atoms with Crippen molar-refractivity contribution in [3.63, 3.8) is 0 Å². The minimum Gasteiger partial charge on any atom is -0.506 e. The number of rotatable bonds is 4. The van der Waals surface area contributed by atoms with Gasteiger partial charge in [-0.15, -0.1) is 12.4 Å². The lowest BCUT2D eigenvalue weighted by Gasteiger charge is -2.16. The Kier molecular flexibility index (Phi) is 5.54. The summed E-state index contributed by atoms with van der Waals surface area (Å²) in [5, 5.41) is 23.9. The lowest BCUT2D eigenvalue weighted by molar-refractivity contribution is 0.173. The number of aliphatic hydroxyl groups excluding tert-OH is 1. The molecule has 2 rings (SSSR count). The number of pyridine rings is 1. The molecule has 2 aromatic rings. The molecular formula is C14H19ClN2O2. The molecule has 1 aromatic heterocycles. The number of hydrogen-bond acceptors (Lipinski definition) is 4. The number of phenolic OH excluding ortho intramolecular Hbond substituents is 1. The van der Waals surface area contributed by atoms with Gasteiger partial charge in [0.1, 0.15) is 11.3 Å². The number of halogens is 1. The third-order valence-electron chi connectivity index (χ3n) is 2.86. The van der Waals surface area contributed by atoms with Crippen molar-refractivity contribution in [3.05, 3.63) is 36.0 Å². The Balaban J connectivity index is 0.00000180. The first-order valence-electron chi connectivity index (χ1n) is 6.07. The maximum atomic E-state index is 10.2. The number of hydrogen-bond donors (Lipinski definition) is 3. The molecular weight excluding hydrogens is 264 g/mol. The molecule has 19 heavy (non-hydrogen) atoms. The Hall–Kier alpha value is -1.36. The van der Waals surface area contributed by atoms with Crippen LogP contribution in [0.1, 0.15) is 25.5 Å². The van der Waals surface area contributed by atoms with Gasteiger partial charge >= 0.3 is 0 Å². The van der Waals surface area contributed by atoms with Crippen LogP contribution in [0.15, 0.2) is 30.5 Å². The SMILES string of the molecule is CC(C)NCC(O)c1ccc(O)c2ncccc12.Cl. The molecule has 5 heteroatoms. The van der Waals surface area contributed by atoms with E-state index in [4.69, 9.17) is 0 Å². The van der Waals surface area contributed by atoms with Crippen LogP contribution in [0, 0.1) is 0 Å². The van der Waals surface area contributed by atoms with Crippen LogP contribution in [-0.4, -0.2) is 27.8 Å². The highest BCUT2D eigenvalue weighted by molar-refractivity contribution is 5.87. The Morgan fingerprint density at radius 1 is 1.26 bits per heavy atom. The second-order valence-corrected chi connectivity index (χ2v) is 4.65. The smallest absolute Gasteiger partial charge is 0.141 e. The number of nitrogens with one attached hydrogen (secondary N) is 1. The number of aliphatic hydroxyl groups is 1. The van der Waals surface area contributed by atoms with Gasteiger partial charge in [-0.25, -0.2) is 0 Å². The predicted molar refractivity (Wildman–Crippen MR) is 78.8 cm³/mol. The van der Waals surface area contributed by atoms with Gasteiger partial charge in [-0.05, 0) is 17.7 Å². The van der Waals surface area contributed by atoms with Crippen molar-refractivity contribution in [2.45, 2.75) is 26.0 Å². The van der Waals surface area contributed by atoms with E-state index < -0.39 is 6.10 Å². The van der Waals surface area contributed by atoms with E-state index in [-0.39, 0.29) is 18.2 Å². The summed E-state index contributed by atoms with van der Waals surface area (Å²) in [5.41, 5.74) is 1.31. The van der Waals surface area contributed by atoms with Crippen LogP contribution < -0.4 is 5.32 Å². The fraction of sp³-hybridized carbons (Fsp3) is 0.357. The molecule has 4 nitrogen and oxygen atoms in total. The highest BCUT2D eigenvalue weighted by Gasteiger charge is 2.13. The van der Waals surface area contributed by atoms with Crippen LogP contribution in [0.5, 0.6) is 5.75 Å². The summed E-state index contributed by atoms with van der Waals surface area (Å²) < 4.78 is 0. The Labute approximate surface area is 118 Å². The average molecular weight is 283 g/mol. The van der Waals surface area contributed by atoms with E-state index >= 15 is 0 Å². The molecule has 1 aromatic carbocycles. The van der Waals surface area contributed by atoms with Gasteiger partial charge < -0.3 is 15.5 Å². The topological polar surface area (TPSA) is 65.4 Å². The zero-order valence-corrected chi connectivity index (χ0v) is 11.8. The second-order valence-electron chi connectivity index (χ2n) is 4.65. The van der Waals surface area contributed by atoms with Crippen LogP contribution >= 0.6 is 12.4 Å². The fourth-order valence-corrected chi connectivity index (χ4v) is 1.93. The van der Waals surface area contributed by atoms with E-state index in [0.29, 0.717) is 18.1 Å². The first-order valence-corrected chi connectivity index (χ1v) is 6.07. The second kappa shape index (κ2) is 6.70. The average Bonchev–Trinajstić information content (AvgIpc) is 2.37. The first-order chi connectivity index (χ1) is 8.59. The van der Waals surface area contributed by atoms with Gasteiger partial charge in [-0.3, -0.25) is 4.98 Å². The van der Waals surface area contributed by atoms with Crippen LogP contribution in [0.4, 0.5) is 0 Å². The molecule has 0 aliphatic rings. The lowest BCUT2D eigenvalue weighted by atomic mass is 10.0. The van der Waals surface area contributed by atoms with E-state index in [9.17, 15) is 10.2 Å². The van der Waals surface area contributed by atoms with Crippen molar-refractivity contribution < 1.29 is 10.2 Å². The van der Waals surface area contributed by atoms with Crippen molar-refractivity contribution in [1.29, 1.82) is 0 Å². The molecule has 0 aliphatic heterocycles. The minimum absolute atomic E-state index is 0. The minimum atomic E-state index is -0.611. The molecule has 3 N–H and O–H groups in total. The number of nitrogens with zero attached hydrogens (tertiary/aromatic N) is 1. The largest absolute Gasteiger partial charge is 0.506 e. The highest BCUT2D eigenvalue weighted by atomic mass is 35.5. The van der Waals surface area contributed by atoms with Crippen molar-refractivity contribution in [1.82, 2.24) is 10.3 Å². The number of phenols is 1. The van der Waals surface area contributed by atoms with E-state index in [1.165, 1.54) is 0 Å². The zero-order chi connectivity index (χ0) is 13.1. The van der Waals surface area contributed by atoms with Crippen LogP contribution in [0.25, 0.3) is 10.9 Å². The molecule has 104 valence electrons. The third kappa shape index (κ3) is 3.56. The molecule has 0 amide bonds. The Morgan fingerprint density at radius 3 is 2.68 bits per heavy atom. The maximum Gasteiger partial charge on any atom is 0.141 e. The number of benzene rings is 1. The molecule has 0 bridgehead atoms. The van der Waals surface area contributed by atoms with Crippen LogP contribution in [0.3, 0.4) is 0 Å². The van der Waals surface area contributed by atoms with Gasteiger partial charge in [0.05, 0.1) is 6.10 Å². The van der Waals surface area contributed by atoms with Crippen molar-refractivity contribution in [2.75, 3.05) is 6.54 Å². The maximum absolute atomic E-state index is 10.2. The number of fused-ring (bicyclic) bond motifs is 1. The van der Waals surface area contributed by atoms with Gasteiger partial charge in [0.25, 0.3) is 0 Å². The zero-order valence-electron chi connectivity index (χ0n) is 11.0. The van der Waals surface area contributed by atoms with Gasteiger partial charge in [-0.2, -0.15) is 0 Å². The molecule has 0 aliphatic carbocycles. The van der Waals surface area contributed by atoms with Crippen molar-refractivity contribution in [2.24, 2.45) is 0 Å². The van der Waals surface area contributed by atoms with Gasteiger partial charge in [0.2, 0.25) is 0 Å². The highest BCUT2D eigenvalue weighted by Crippen LogP contribution is 2.28. The molecule has 1 atom stereocenters. The quantitative estimate of drug-likeness (QED) is 0.806. The molecule has 0 fully saturated rings. The van der Waals surface area contributed by atoms with Gasteiger partial charge in [-0.1, -0.05) is 26.0 Å². The summed E-state index contributed by atoms with van der Waals surface area (Å²) >= 11 is 0. The lowest BCUT2D eigenvalue weighted by Crippen LogP contribution is -2.28. The molecule has 1 heterocycles. The van der Waals surface area contributed by atoms with Crippen molar-refractivity contribution in [3.8, 4) is 5.75 Å². The number of aromatic hydroxyl groups is 1.